The fraction of sp³-hybridized carbons (Fsp3) is 0.235. The first-order valence-corrected chi connectivity index (χ1v) is 6.84. The normalized spacial score (nSPS) is 11.9. The maximum Gasteiger partial charge on any atom is 0.227 e. The van der Waals surface area contributed by atoms with Gasteiger partial charge >= 0.3 is 0 Å². The van der Waals surface area contributed by atoms with Crippen LogP contribution in [-0.2, 0) is 11.2 Å². The number of carbonyl (C=O) groups excluding carboxylic acids is 1. The Morgan fingerprint density at radius 3 is 2.52 bits per heavy atom. The molecule has 0 aliphatic rings. The van der Waals surface area contributed by atoms with Crippen molar-refractivity contribution in [2.75, 3.05) is 5.32 Å². The molecule has 0 aliphatic heterocycles. The molecule has 0 saturated heterocycles. The van der Waals surface area contributed by atoms with E-state index in [9.17, 15) is 15.0 Å². The first-order chi connectivity index (χ1) is 9.97. The molecule has 0 bridgehead atoms. The number of carbonyl (C=O) groups is 1. The lowest BCUT2D eigenvalue weighted by Crippen LogP contribution is -2.22. The molecule has 0 spiro atoms. The van der Waals surface area contributed by atoms with Gasteiger partial charge in [0.15, 0.2) is 11.5 Å². The molecule has 1 unspecified atom stereocenters. The Hall–Kier alpha value is -2.49. The number of phenolic OH excluding ortho intramolecular Hbond substituents is 2. The standard InChI is InChI=1S/C17H19NO3/c1-11-5-3-4-6-14(11)18-17(21)12(2)9-13-7-8-15(19)16(20)10-13/h3-8,10,12,19-20H,9H2,1-2H3,(H,18,21). The summed E-state index contributed by atoms with van der Waals surface area (Å²) in [7, 11) is 0. The molecule has 1 amide bonds. The lowest BCUT2D eigenvalue weighted by Gasteiger charge is -2.14. The lowest BCUT2D eigenvalue weighted by molar-refractivity contribution is -0.119. The van der Waals surface area contributed by atoms with Crippen LogP contribution in [0.2, 0.25) is 0 Å². The van der Waals surface area contributed by atoms with Crippen molar-refractivity contribution in [1.82, 2.24) is 0 Å². The number of aromatic hydroxyl groups is 2. The van der Waals surface area contributed by atoms with Gasteiger partial charge in [0.25, 0.3) is 0 Å². The van der Waals surface area contributed by atoms with Crippen LogP contribution in [0.15, 0.2) is 42.5 Å². The summed E-state index contributed by atoms with van der Waals surface area (Å²) in [5.74, 6) is -0.639. The van der Waals surface area contributed by atoms with Gasteiger partial charge in [0.05, 0.1) is 0 Å². The first kappa shape index (κ1) is 14.9. The Bertz CT molecular complexity index is 652. The van der Waals surface area contributed by atoms with E-state index in [-0.39, 0.29) is 23.3 Å². The molecule has 0 radical (unpaired) electrons. The molecule has 110 valence electrons. The second-order valence-electron chi connectivity index (χ2n) is 5.23. The van der Waals surface area contributed by atoms with Crippen molar-refractivity contribution < 1.29 is 15.0 Å². The Morgan fingerprint density at radius 1 is 1.14 bits per heavy atom. The summed E-state index contributed by atoms with van der Waals surface area (Å²) in [6.07, 6.45) is 0.492. The van der Waals surface area contributed by atoms with Gasteiger partial charge in [-0.15, -0.1) is 0 Å². The molecule has 0 heterocycles. The summed E-state index contributed by atoms with van der Waals surface area (Å²) in [5, 5.41) is 21.7. The number of rotatable bonds is 4. The van der Waals surface area contributed by atoms with Crippen molar-refractivity contribution in [1.29, 1.82) is 0 Å². The smallest absolute Gasteiger partial charge is 0.227 e. The zero-order valence-corrected chi connectivity index (χ0v) is 12.1. The van der Waals surface area contributed by atoms with Crippen LogP contribution in [0, 0.1) is 12.8 Å². The molecule has 0 saturated carbocycles. The van der Waals surface area contributed by atoms with Gasteiger partial charge in [0.1, 0.15) is 0 Å². The van der Waals surface area contributed by atoms with Gasteiger partial charge in [-0.1, -0.05) is 31.2 Å². The molecular formula is C17H19NO3. The highest BCUT2D eigenvalue weighted by molar-refractivity contribution is 5.93. The van der Waals surface area contributed by atoms with Gasteiger partial charge in [-0.3, -0.25) is 4.79 Å². The van der Waals surface area contributed by atoms with Gasteiger partial charge in [0, 0.05) is 11.6 Å². The van der Waals surface area contributed by atoms with Crippen molar-refractivity contribution in [3.8, 4) is 11.5 Å². The molecule has 0 aromatic heterocycles. The monoisotopic (exact) mass is 285 g/mol. The zero-order valence-electron chi connectivity index (χ0n) is 12.1. The van der Waals surface area contributed by atoms with Crippen LogP contribution in [0.25, 0.3) is 0 Å². The average Bonchev–Trinajstić information content (AvgIpc) is 2.45. The van der Waals surface area contributed by atoms with Crippen LogP contribution < -0.4 is 5.32 Å². The van der Waals surface area contributed by atoms with Crippen LogP contribution >= 0.6 is 0 Å². The highest BCUT2D eigenvalue weighted by Crippen LogP contribution is 2.26. The van der Waals surface area contributed by atoms with Crippen molar-refractivity contribution in [3.63, 3.8) is 0 Å². The number of phenols is 2. The average molecular weight is 285 g/mol. The highest BCUT2D eigenvalue weighted by Gasteiger charge is 2.15. The van der Waals surface area contributed by atoms with E-state index in [0.717, 1.165) is 16.8 Å². The largest absolute Gasteiger partial charge is 0.504 e. The molecule has 2 rings (SSSR count). The summed E-state index contributed by atoms with van der Waals surface area (Å²) in [5.41, 5.74) is 2.63. The number of benzene rings is 2. The summed E-state index contributed by atoms with van der Waals surface area (Å²) in [6, 6.07) is 12.2. The van der Waals surface area contributed by atoms with E-state index in [1.165, 1.54) is 12.1 Å². The molecule has 4 heteroatoms. The van der Waals surface area contributed by atoms with Crippen LogP contribution in [-0.4, -0.2) is 16.1 Å². The Kier molecular flexibility index (Phi) is 4.48. The van der Waals surface area contributed by atoms with Crippen molar-refractivity contribution in [2.45, 2.75) is 20.3 Å². The molecule has 1 atom stereocenters. The number of aryl methyl sites for hydroxylation is 1. The van der Waals surface area contributed by atoms with Gasteiger partial charge in [0.2, 0.25) is 5.91 Å². The quantitative estimate of drug-likeness (QED) is 0.755. The van der Waals surface area contributed by atoms with E-state index in [1.54, 1.807) is 6.07 Å². The van der Waals surface area contributed by atoms with Crippen LogP contribution in [0.3, 0.4) is 0 Å². The van der Waals surface area contributed by atoms with Gasteiger partial charge in [-0.05, 0) is 42.7 Å². The Balaban J connectivity index is 2.02. The predicted octanol–water partition coefficient (Wildman–Crippen LogP) is 3.22. The van der Waals surface area contributed by atoms with Crippen molar-refractivity contribution in [2.24, 2.45) is 5.92 Å². The summed E-state index contributed by atoms with van der Waals surface area (Å²) < 4.78 is 0. The Labute approximate surface area is 124 Å². The van der Waals surface area contributed by atoms with E-state index >= 15 is 0 Å². The molecule has 0 fully saturated rings. The zero-order chi connectivity index (χ0) is 15.4. The third kappa shape index (κ3) is 3.75. The van der Waals surface area contributed by atoms with E-state index in [2.05, 4.69) is 5.32 Å². The fourth-order valence-corrected chi connectivity index (χ4v) is 2.11. The molecule has 21 heavy (non-hydrogen) atoms. The second kappa shape index (κ2) is 6.31. The van der Waals surface area contributed by atoms with E-state index in [0.29, 0.717) is 6.42 Å². The maximum absolute atomic E-state index is 12.2. The Morgan fingerprint density at radius 2 is 1.86 bits per heavy atom. The molecule has 0 aliphatic carbocycles. The SMILES string of the molecule is Cc1ccccc1NC(=O)C(C)Cc1ccc(O)c(O)c1. The molecule has 3 N–H and O–H groups in total. The van der Waals surface area contributed by atoms with Crippen molar-refractivity contribution >= 4 is 11.6 Å². The fourth-order valence-electron chi connectivity index (χ4n) is 2.11. The minimum absolute atomic E-state index is 0.0723. The van der Waals surface area contributed by atoms with Crippen LogP contribution in [0.1, 0.15) is 18.1 Å². The van der Waals surface area contributed by atoms with Crippen LogP contribution in [0.5, 0.6) is 11.5 Å². The highest BCUT2D eigenvalue weighted by atomic mass is 16.3. The second-order valence-corrected chi connectivity index (χ2v) is 5.23. The van der Waals surface area contributed by atoms with Gasteiger partial charge in [-0.25, -0.2) is 0 Å². The minimum Gasteiger partial charge on any atom is -0.504 e. The first-order valence-electron chi connectivity index (χ1n) is 6.84. The number of nitrogens with one attached hydrogen (secondary N) is 1. The lowest BCUT2D eigenvalue weighted by atomic mass is 9.99. The summed E-state index contributed by atoms with van der Waals surface area (Å²) >= 11 is 0. The predicted molar refractivity (Wildman–Crippen MR) is 82.4 cm³/mol. The van der Waals surface area contributed by atoms with E-state index in [4.69, 9.17) is 0 Å². The van der Waals surface area contributed by atoms with Gasteiger partial charge < -0.3 is 15.5 Å². The van der Waals surface area contributed by atoms with E-state index in [1.807, 2.05) is 38.1 Å². The molecular weight excluding hydrogens is 266 g/mol. The number of para-hydroxylation sites is 1. The third-order valence-corrected chi connectivity index (χ3v) is 3.43. The van der Waals surface area contributed by atoms with Crippen LogP contribution in [0.4, 0.5) is 5.69 Å². The molecule has 4 nitrogen and oxygen atoms in total. The maximum atomic E-state index is 12.2. The number of amides is 1. The summed E-state index contributed by atoms with van der Waals surface area (Å²) in [4.78, 5) is 12.2. The number of hydrogen-bond donors (Lipinski definition) is 3. The third-order valence-electron chi connectivity index (χ3n) is 3.43. The number of anilines is 1. The molecule has 2 aromatic carbocycles. The van der Waals surface area contributed by atoms with Gasteiger partial charge in [-0.2, -0.15) is 0 Å². The topological polar surface area (TPSA) is 69.6 Å². The summed E-state index contributed by atoms with van der Waals surface area (Å²) in [6.45, 7) is 3.77. The molecule has 2 aromatic rings. The van der Waals surface area contributed by atoms with E-state index < -0.39 is 0 Å². The van der Waals surface area contributed by atoms with Crippen molar-refractivity contribution in [3.05, 3.63) is 53.6 Å². The number of hydrogen-bond acceptors (Lipinski definition) is 3. The minimum atomic E-state index is -0.242.